The largest absolute Gasteiger partial charge is 0.480 e. The number of nitrogens with zero attached hydrogens (tertiary/aromatic N) is 1. The lowest BCUT2D eigenvalue weighted by atomic mass is 10.2. The summed E-state index contributed by atoms with van der Waals surface area (Å²) in [7, 11) is 0. The molecule has 16 heavy (non-hydrogen) atoms. The summed E-state index contributed by atoms with van der Waals surface area (Å²) in [4.78, 5) is 20.5. The van der Waals surface area contributed by atoms with Crippen molar-refractivity contribution in [3.63, 3.8) is 0 Å². The number of rotatable bonds is 4. The average molecular weight is 225 g/mol. The van der Waals surface area contributed by atoms with Crippen molar-refractivity contribution >= 4 is 23.0 Å². The molecular weight excluding hydrogens is 214 g/mol. The monoisotopic (exact) mass is 225 g/mol. The van der Waals surface area contributed by atoms with Crippen molar-refractivity contribution in [2.75, 3.05) is 11.1 Å². The van der Waals surface area contributed by atoms with Gasteiger partial charge in [-0.1, -0.05) is 0 Å². The number of nitrogens with one attached hydrogen (secondary N) is 1. The highest BCUT2D eigenvalue weighted by Crippen LogP contribution is 2.25. The molecule has 4 N–H and O–H groups in total. The van der Waals surface area contributed by atoms with E-state index in [9.17, 15) is 14.9 Å². The molecule has 0 aliphatic rings. The van der Waals surface area contributed by atoms with E-state index in [2.05, 4.69) is 5.32 Å². The van der Waals surface area contributed by atoms with Crippen molar-refractivity contribution in [3.05, 3.63) is 28.3 Å². The Morgan fingerprint density at radius 3 is 2.75 bits per heavy atom. The van der Waals surface area contributed by atoms with Crippen molar-refractivity contribution in [2.45, 2.75) is 13.0 Å². The van der Waals surface area contributed by atoms with E-state index in [0.717, 1.165) is 0 Å². The number of nitrogens with two attached hydrogens (primary N) is 1. The van der Waals surface area contributed by atoms with Gasteiger partial charge >= 0.3 is 5.97 Å². The van der Waals surface area contributed by atoms with Crippen LogP contribution in [-0.4, -0.2) is 22.0 Å². The molecule has 0 heterocycles. The van der Waals surface area contributed by atoms with Crippen LogP contribution in [0.4, 0.5) is 17.1 Å². The normalized spacial score (nSPS) is 11.8. The van der Waals surface area contributed by atoms with Crippen LogP contribution in [0, 0.1) is 10.1 Å². The van der Waals surface area contributed by atoms with Gasteiger partial charge in [-0.3, -0.25) is 14.9 Å². The Labute approximate surface area is 91.0 Å². The molecule has 1 atom stereocenters. The molecule has 1 rings (SSSR count). The molecule has 1 aromatic rings. The first-order chi connectivity index (χ1) is 7.41. The molecule has 0 bridgehead atoms. The standard InChI is InChI=1S/C9H11N3O4/c1-5(9(13)14)11-6-2-3-7(10)8(4-6)12(15)16/h2-5,11H,10H2,1H3,(H,13,14)/t5-/m0/s1. The van der Waals surface area contributed by atoms with Gasteiger partial charge in [-0.25, -0.2) is 0 Å². The maximum absolute atomic E-state index is 10.6. The highest BCUT2D eigenvalue weighted by atomic mass is 16.6. The van der Waals surface area contributed by atoms with E-state index in [1.54, 1.807) is 0 Å². The van der Waals surface area contributed by atoms with Crippen LogP contribution in [0.25, 0.3) is 0 Å². The first-order valence-electron chi connectivity index (χ1n) is 4.45. The quantitative estimate of drug-likeness (QED) is 0.400. The van der Waals surface area contributed by atoms with Crippen LogP contribution in [-0.2, 0) is 4.79 Å². The van der Waals surface area contributed by atoms with Gasteiger partial charge in [0.15, 0.2) is 0 Å². The summed E-state index contributed by atoms with van der Waals surface area (Å²) < 4.78 is 0. The van der Waals surface area contributed by atoms with Crippen molar-refractivity contribution in [1.29, 1.82) is 0 Å². The van der Waals surface area contributed by atoms with Gasteiger partial charge in [-0.15, -0.1) is 0 Å². The summed E-state index contributed by atoms with van der Waals surface area (Å²) in [6.45, 7) is 1.44. The summed E-state index contributed by atoms with van der Waals surface area (Å²) in [5.41, 5.74) is 5.53. The third-order valence-electron chi connectivity index (χ3n) is 1.98. The number of carboxylic acids is 1. The first-order valence-corrected chi connectivity index (χ1v) is 4.45. The zero-order valence-electron chi connectivity index (χ0n) is 8.51. The van der Waals surface area contributed by atoms with E-state index < -0.39 is 16.9 Å². The lowest BCUT2D eigenvalue weighted by Gasteiger charge is -2.10. The lowest BCUT2D eigenvalue weighted by molar-refractivity contribution is -0.383. The molecule has 0 unspecified atom stereocenters. The number of hydrogen-bond acceptors (Lipinski definition) is 5. The van der Waals surface area contributed by atoms with Crippen molar-refractivity contribution < 1.29 is 14.8 Å². The summed E-state index contributed by atoms with van der Waals surface area (Å²) in [5, 5.41) is 21.8. The van der Waals surface area contributed by atoms with Crippen molar-refractivity contribution in [3.8, 4) is 0 Å². The summed E-state index contributed by atoms with van der Waals surface area (Å²) in [5.74, 6) is -1.04. The maximum Gasteiger partial charge on any atom is 0.325 e. The van der Waals surface area contributed by atoms with E-state index in [1.165, 1.54) is 25.1 Å². The first kappa shape index (κ1) is 11.8. The van der Waals surface area contributed by atoms with Crippen LogP contribution in [0.1, 0.15) is 6.92 Å². The minimum absolute atomic E-state index is 0.0403. The summed E-state index contributed by atoms with van der Waals surface area (Å²) in [6, 6.07) is 3.22. The predicted molar refractivity (Wildman–Crippen MR) is 58.2 cm³/mol. The predicted octanol–water partition coefficient (Wildman–Crippen LogP) is 1.06. The van der Waals surface area contributed by atoms with Crippen LogP contribution < -0.4 is 11.1 Å². The zero-order chi connectivity index (χ0) is 12.3. The van der Waals surface area contributed by atoms with Crippen molar-refractivity contribution in [2.24, 2.45) is 0 Å². The van der Waals surface area contributed by atoms with E-state index >= 15 is 0 Å². The number of nitro groups is 1. The third kappa shape index (κ3) is 2.59. The Morgan fingerprint density at radius 1 is 1.62 bits per heavy atom. The van der Waals surface area contributed by atoms with Gasteiger partial charge in [0.05, 0.1) is 4.92 Å². The fourth-order valence-corrected chi connectivity index (χ4v) is 1.10. The van der Waals surface area contributed by atoms with Gasteiger partial charge in [-0.05, 0) is 19.1 Å². The third-order valence-corrected chi connectivity index (χ3v) is 1.98. The molecule has 0 aliphatic carbocycles. The lowest BCUT2D eigenvalue weighted by Crippen LogP contribution is -2.25. The minimum atomic E-state index is -1.04. The van der Waals surface area contributed by atoms with Crippen LogP contribution >= 0.6 is 0 Å². The van der Waals surface area contributed by atoms with Gasteiger partial charge in [0.25, 0.3) is 5.69 Å². The minimum Gasteiger partial charge on any atom is -0.480 e. The number of carbonyl (C=O) groups is 1. The van der Waals surface area contributed by atoms with E-state index in [4.69, 9.17) is 10.8 Å². The van der Waals surface area contributed by atoms with Gasteiger partial charge in [-0.2, -0.15) is 0 Å². The molecule has 0 aromatic heterocycles. The number of hydrogen-bond donors (Lipinski definition) is 3. The summed E-state index contributed by atoms with van der Waals surface area (Å²) >= 11 is 0. The van der Waals surface area contributed by atoms with Gasteiger partial charge in [0, 0.05) is 11.8 Å². The Bertz CT molecular complexity index is 433. The second-order valence-corrected chi connectivity index (χ2v) is 3.23. The molecule has 0 saturated heterocycles. The second kappa shape index (κ2) is 4.47. The Hall–Kier alpha value is -2.31. The SMILES string of the molecule is C[C@H](Nc1ccc(N)c([N+](=O)[O-])c1)C(=O)O. The number of aliphatic carboxylic acids is 1. The number of nitrogen functional groups attached to an aromatic ring is 1. The Kier molecular flexibility index (Phi) is 3.29. The number of carboxylic acid groups (broad SMARTS) is 1. The van der Waals surface area contributed by atoms with Crippen LogP contribution in [0.3, 0.4) is 0 Å². The zero-order valence-corrected chi connectivity index (χ0v) is 8.51. The van der Waals surface area contributed by atoms with E-state index in [1.807, 2.05) is 0 Å². The molecular formula is C9H11N3O4. The van der Waals surface area contributed by atoms with Gasteiger partial charge < -0.3 is 16.2 Å². The molecule has 0 saturated carbocycles. The molecule has 0 amide bonds. The Morgan fingerprint density at radius 2 is 2.25 bits per heavy atom. The average Bonchev–Trinajstić information content (AvgIpc) is 2.20. The fourth-order valence-electron chi connectivity index (χ4n) is 1.10. The second-order valence-electron chi connectivity index (χ2n) is 3.23. The summed E-state index contributed by atoms with van der Waals surface area (Å²) in [6.07, 6.45) is 0. The maximum atomic E-state index is 10.6. The van der Waals surface area contributed by atoms with E-state index in [-0.39, 0.29) is 11.4 Å². The van der Waals surface area contributed by atoms with Crippen LogP contribution in [0.15, 0.2) is 18.2 Å². The van der Waals surface area contributed by atoms with Gasteiger partial charge in [0.2, 0.25) is 0 Å². The topological polar surface area (TPSA) is 118 Å². The van der Waals surface area contributed by atoms with Crippen LogP contribution in [0.2, 0.25) is 0 Å². The molecule has 7 heteroatoms. The highest BCUT2D eigenvalue weighted by molar-refractivity contribution is 5.77. The number of nitro benzene ring substituents is 1. The molecule has 86 valence electrons. The molecule has 0 aliphatic heterocycles. The smallest absolute Gasteiger partial charge is 0.325 e. The highest BCUT2D eigenvalue weighted by Gasteiger charge is 2.15. The molecule has 1 aromatic carbocycles. The number of benzene rings is 1. The fraction of sp³-hybridized carbons (Fsp3) is 0.222. The molecule has 0 radical (unpaired) electrons. The molecule has 0 spiro atoms. The van der Waals surface area contributed by atoms with Gasteiger partial charge in [0.1, 0.15) is 11.7 Å². The Balaban J connectivity index is 2.95. The van der Waals surface area contributed by atoms with Crippen LogP contribution in [0.5, 0.6) is 0 Å². The molecule has 7 nitrogen and oxygen atoms in total. The van der Waals surface area contributed by atoms with E-state index in [0.29, 0.717) is 5.69 Å². The number of anilines is 2. The molecule has 0 fully saturated rings. The van der Waals surface area contributed by atoms with Crippen molar-refractivity contribution in [1.82, 2.24) is 0 Å².